The van der Waals surface area contributed by atoms with E-state index in [4.69, 9.17) is 4.74 Å². The van der Waals surface area contributed by atoms with E-state index in [1.165, 1.54) is 4.31 Å². The molecule has 1 atom stereocenters. The number of amides is 2. The third-order valence-corrected chi connectivity index (χ3v) is 7.18. The highest BCUT2D eigenvalue weighted by Crippen LogP contribution is 2.23. The van der Waals surface area contributed by atoms with Crippen LogP contribution in [-0.4, -0.2) is 56.6 Å². The molecule has 0 unspecified atom stereocenters. The number of rotatable bonds is 13. The van der Waals surface area contributed by atoms with Crippen LogP contribution in [0.2, 0.25) is 0 Å². The van der Waals surface area contributed by atoms with Crippen LogP contribution in [-0.2, 0) is 26.2 Å². The predicted octanol–water partition coefficient (Wildman–Crippen LogP) is 4.34. The van der Waals surface area contributed by atoms with Crippen LogP contribution < -0.4 is 14.4 Å². The average molecular weight is 583 g/mol. The Labute approximate surface area is 223 Å². The Bertz CT molecular complexity index is 1110. The zero-order valence-electron chi connectivity index (χ0n) is 21.5. The summed E-state index contributed by atoms with van der Waals surface area (Å²) in [5.74, 6) is 0.203. The van der Waals surface area contributed by atoms with Crippen LogP contribution in [0, 0.1) is 0 Å². The molecule has 1 N–H and O–H groups in total. The van der Waals surface area contributed by atoms with Crippen molar-refractivity contribution in [3.8, 4) is 5.75 Å². The molecule has 2 amide bonds. The van der Waals surface area contributed by atoms with E-state index in [0.717, 1.165) is 16.3 Å². The smallest absolute Gasteiger partial charge is 0.242 e. The maximum absolute atomic E-state index is 13.3. The van der Waals surface area contributed by atoms with Crippen LogP contribution in [0.1, 0.15) is 46.1 Å². The Hall–Kier alpha value is -2.59. The number of halogens is 1. The molecule has 0 bridgehead atoms. The lowest BCUT2D eigenvalue weighted by molar-refractivity contribution is -0.140. The standard InChI is InChI=1S/C26H36BrN3O5S/c1-6-35-24-15-13-23(14-16-24)30(36(5,33)34)17-7-8-25(31)29(20(4)26(32)28-19(2)3)18-21-9-11-22(27)12-10-21/h9-16,19-20H,6-8,17-18H2,1-5H3,(H,28,32)/t20-/m0/s1. The molecule has 0 aliphatic rings. The van der Waals surface area contributed by atoms with Gasteiger partial charge in [-0.1, -0.05) is 28.1 Å². The van der Waals surface area contributed by atoms with Crippen molar-refractivity contribution in [3.05, 3.63) is 58.6 Å². The Kier molecular flexibility index (Phi) is 11.2. The van der Waals surface area contributed by atoms with E-state index in [2.05, 4.69) is 21.2 Å². The highest BCUT2D eigenvalue weighted by molar-refractivity contribution is 9.10. The van der Waals surface area contributed by atoms with E-state index in [1.54, 1.807) is 36.1 Å². The lowest BCUT2D eigenvalue weighted by atomic mass is 10.1. The summed E-state index contributed by atoms with van der Waals surface area (Å²) in [4.78, 5) is 27.5. The molecule has 36 heavy (non-hydrogen) atoms. The number of sulfonamides is 1. The van der Waals surface area contributed by atoms with Crippen molar-refractivity contribution < 1.29 is 22.7 Å². The molecule has 2 aromatic carbocycles. The predicted molar refractivity (Wildman–Crippen MR) is 146 cm³/mol. The molecule has 0 radical (unpaired) electrons. The first kappa shape index (κ1) is 29.6. The van der Waals surface area contributed by atoms with Gasteiger partial charge in [-0.2, -0.15) is 0 Å². The van der Waals surface area contributed by atoms with E-state index in [1.807, 2.05) is 45.0 Å². The van der Waals surface area contributed by atoms with Crippen molar-refractivity contribution in [3.63, 3.8) is 0 Å². The molecule has 0 saturated carbocycles. The zero-order chi connectivity index (χ0) is 26.9. The zero-order valence-corrected chi connectivity index (χ0v) is 23.9. The summed E-state index contributed by atoms with van der Waals surface area (Å²) in [7, 11) is -3.56. The van der Waals surface area contributed by atoms with Crippen molar-refractivity contribution in [2.45, 2.75) is 59.2 Å². The summed E-state index contributed by atoms with van der Waals surface area (Å²) in [5.41, 5.74) is 1.40. The van der Waals surface area contributed by atoms with Gasteiger partial charge in [0.1, 0.15) is 11.8 Å². The molecular formula is C26H36BrN3O5S. The average Bonchev–Trinajstić information content (AvgIpc) is 2.80. The molecule has 0 spiro atoms. The number of nitrogens with zero attached hydrogens (tertiary/aromatic N) is 2. The van der Waals surface area contributed by atoms with Gasteiger partial charge in [0, 0.05) is 30.0 Å². The minimum absolute atomic E-state index is 0.0537. The van der Waals surface area contributed by atoms with Gasteiger partial charge in [0.2, 0.25) is 21.8 Å². The van der Waals surface area contributed by atoms with Crippen LogP contribution >= 0.6 is 15.9 Å². The quantitative estimate of drug-likeness (QED) is 0.379. The summed E-state index contributed by atoms with van der Waals surface area (Å²) < 4.78 is 32.6. The molecule has 198 valence electrons. The summed E-state index contributed by atoms with van der Waals surface area (Å²) in [6.07, 6.45) is 1.54. The van der Waals surface area contributed by atoms with Crippen LogP contribution in [0.25, 0.3) is 0 Å². The number of ether oxygens (including phenoxy) is 1. The Balaban J connectivity index is 2.14. The number of carbonyl (C=O) groups excluding carboxylic acids is 2. The molecule has 10 heteroatoms. The first-order valence-corrected chi connectivity index (χ1v) is 14.6. The molecule has 2 rings (SSSR count). The maximum atomic E-state index is 13.3. The fourth-order valence-electron chi connectivity index (χ4n) is 3.65. The molecule has 0 heterocycles. The Morgan fingerprint density at radius 3 is 2.17 bits per heavy atom. The van der Waals surface area contributed by atoms with Gasteiger partial charge >= 0.3 is 0 Å². The lowest BCUT2D eigenvalue weighted by Crippen LogP contribution is -2.49. The summed E-state index contributed by atoms with van der Waals surface area (Å²) in [5, 5.41) is 2.86. The summed E-state index contributed by atoms with van der Waals surface area (Å²) >= 11 is 3.41. The van der Waals surface area contributed by atoms with Gasteiger partial charge in [-0.05, 0) is 76.1 Å². The maximum Gasteiger partial charge on any atom is 0.242 e. The van der Waals surface area contributed by atoms with E-state index in [0.29, 0.717) is 24.5 Å². The second-order valence-electron chi connectivity index (χ2n) is 8.85. The van der Waals surface area contributed by atoms with E-state index < -0.39 is 16.1 Å². The SMILES string of the molecule is CCOc1ccc(N(CCCC(=O)N(Cc2ccc(Br)cc2)[C@@H](C)C(=O)NC(C)C)S(C)(=O)=O)cc1. The highest BCUT2D eigenvalue weighted by atomic mass is 79.9. The first-order valence-electron chi connectivity index (χ1n) is 12.0. The third-order valence-electron chi connectivity index (χ3n) is 5.45. The normalized spacial score (nSPS) is 12.2. The number of nitrogens with one attached hydrogen (secondary N) is 1. The van der Waals surface area contributed by atoms with E-state index in [-0.39, 0.29) is 37.4 Å². The van der Waals surface area contributed by atoms with Gasteiger partial charge < -0.3 is 15.0 Å². The van der Waals surface area contributed by atoms with E-state index in [9.17, 15) is 18.0 Å². The van der Waals surface area contributed by atoms with Crippen molar-refractivity contribution in [1.29, 1.82) is 0 Å². The van der Waals surface area contributed by atoms with Gasteiger partial charge in [0.05, 0.1) is 18.6 Å². The number of hydrogen-bond donors (Lipinski definition) is 1. The number of carbonyl (C=O) groups is 2. The molecule has 0 aliphatic carbocycles. The third kappa shape index (κ3) is 9.13. The summed E-state index contributed by atoms with van der Waals surface area (Å²) in [6, 6.07) is 13.6. The van der Waals surface area contributed by atoms with E-state index >= 15 is 0 Å². The fourth-order valence-corrected chi connectivity index (χ4v) is 4.88. The van der Waals surface area contributed by atoms with Crippen molar-refractivity contribution in [2.24, 2.45) is 0 Å². The molecule has 0 aliphatic heterocycles. The van der Waals surface area contributed by atoms with Gasteiger partial charge in [-0.15, -0.1) is 0 Å². The number of hydrogen-bond acceptors (Lipinski definition) is 5. The Morgan fingerprint density at radius 1 is 1.03 bits per heavy atom. The first-order chi connectivity index (χ1) is 16.9. The number of benzene rings is 2. The highest BCUT2D eigenvalue weighted by Gasteiger charge is 2.27. The van der Waals surface area contributed by atoms with Crippen LogP contribution in [0.15, 0.2) is 53.0 Å². The molecule has 0 saturated heterocycles. The van der Waals surface area contributed by atoms with Crippen molar-refractivity contribution in [2.75, 3.05) is 23.7 Å². The number of anilines is 1. The monoisotopic (exact) mass is 581 g/mol. The molecular weight excluding hydrogens is 546 g/mol. The second-order valence-corrected chi connectivity index (χ2v) is 11.7. The van der Waals surface area contributed by atoms with Crippen LogP contribution in [0.5, 0.6) is 5.75 Å². The van der Waals surface area contributed by atoms with Crippen LogP contribution in [0.4, 0.5) is 5.69 Å². The van der Waals surface area contributed by atoms with Gasteiger partial charge in [0.25, 0.3) is 0 Å². The lowest BCUT2D eigenvalue weighted by Gasteiger charge is -2.30. The second kappa shape index (κ2) is 13.6. The molecule has 8 nitrogen and oxygen atoms in total. The van der Waals surface area contributed by atoms with Gasteiger partial charge in [0.15, 0.2) is 0 Å². The Morgan fingerprint density at radius 2 is 1.64 bits per heavy atom. The van der Waals surface area contributed by atoms with Crippen molar-refractivity contribution in [1.82, 2.24) is 10.2 Å². The van der Waals surface area contributed by atoms with Gasteiger partial charge in [-0.3, -0.25) is 13.9 Å². The molecule has 0 fully saturated rings. The minimum Gasteiger partial charge on any atom is -0.494 e. The van der Waals surface area contributed by atoms with Crippen molar-refractivity contribution >= 4 is 43.5 Å². The fraction of sp³-hybridized carbons (Fsp3) is 0.462. The molecule has 2 aromatic rings. The minimum atomic E-state index is -3.56. The topological polar surface area (TPSA) is 96.0 Å². The van der Waals surface area contributed by atoms with Crippen LogP contribution in [0.3, 0.4) is 0 Å². The summed E-state index contributed by atoms with van der Waals surface area (Å²) in [6.45, 7) is 8.24. The largest absolute Gasteiger partial charge is 0.494 e. The van der Waals surface area contributed by atoms with Gasteiger partial charge in [-0.25, -0.2) is 8.42 Å². The molecule has 0 aromatic heterocycles.